The Morgan fingerprint density at radius 2 is 2.00 bits per heavy atom. The lowest BCUT2D eigenvalue weighted by Crippen LogP contribution is -2.10. The number of nitrogens with zero attached hydrogens (tertiary/aromatic N) is 2. The molecule has 0 radical (unpaired) electrons. The molecular weight excluding hydrogens is 461 g/mol. The van der Waals surface area contributed by atoms with Gasteiger partial charge in [-0.1, -0.05) is 41.4 Å². The van der Waals surface area contributed by atoms with Crippen molar-refractivity contribution in [3.8, 4) is 11.3 Å². The predicted molar refractivity (Wildman–Crippen MR) is 120 cm³/mol. The number of nitro groups is 1. The van der Waals surface area contributed by atoms with Crippen LogP contribution >= 0.6 is 34.5 Å². The molecule has 10 heteroatoms. The molecule has 0 saturated carbocycles. The SMILES string of the molecule is O=C(Nc1ncc(Cc2ccc(Cl)cc2Cl)s1)c1ccc(-c2cccc([N+](=O)[O-])c2)o1. The van der Waals surface area contributed by atoms with Gasteiger partial charge in [0.05, 0.1) is 4.92 Å². The third-order valence-electron chi connectivity index (χ3n) is 4.33. The molecule has 2 aromatic carbocycles. The average Bonchev–Trinajstić information content (AvgIpc) is 3.40. The Bertz CT molecular complexity index is 1290. The molecule has 156 valence electrons. The lowest BCUT2D eigenvalue weighted by molar-refractivity contribution is -0.384. The first-order valence-electron chi connectivity index (χ1n) is 8.94. The monoisotopic (exact) mass is 473 g/mol. The number of nitrogens with one attached hydrogen (secondary N) is 1. The molecule has 0 spiro atoms. The van der Waals surface area contributed by atoms with Crippen molar-refractivity contribution in [2.75, 3.05) is 5.32 Å². The summed E-state index contributed by atoms with van der Waals surface area (Å²) in [4.78, 5) is 28.1. The fraction of sp³-hybridized carbons (Fsp3) is 0.0476. The summed E-state index contributed by atoms with van der Waals surface area (Å²) >= 11 is 13.5. The largest absolute Gasteiger partial charge is 0.451 e. The second-order valence-electron chi connectivity index (χ2n) is 6.47. The normalized spacial score (nSPS) is 10.8. The van der Waals surface area contributed by atoms with Crippen molar-refractivity contribution in [3.63, 3.8) is 0 Å². The van der Waals surface area contributed by atoms with E-state index < -0.39 is 10.8 Å². The van der Waals surface area contributed by atoms with Crippen LogP contribution in [0.2, 0.25) is 10.0 Å². The molecule has 0 atom stereocenters. The van der Waals surface area contributed by atoms with Gasteiger partial charge in [0.25, 0.3) is 11.6 Å². The Hall–Kier alpha value is -3.20. The number of hydrogen-bond donors (Lipinski definition) is 1. The van der Waals surface area contributed by atoms with E-state index >= 15 is 0 Å². The Kier molecular flexibility index (Phi) is 6.03. The molecule has 7 nitrogen and oxygen atoms in total. The number of anilines is 1. The van der Waals surface area contributed by atoms with Crippen LogP contribution in [-0.4, -0.2) is 15.8 Å². The minimum absolute atomic E-state index is 0.0593. The summed E-state index contributed by atoms with van der Waals surface area (Å²) in [5, 5.41) is 15.2. The summed E-state index contributed by atoms with van der Waals surface area (Å²) in [6.45, 7) is 0. The fourth-order valence-electron chi connectivity index (χ4n) is 2.85. The average molecular weight is 474 g/mol. The summed E-state index contributed by atoms with van der Waals surface area (Å²) in [6, 6.07) is 14.4. The van der Waals surface area contributed by atoms with Crippen LogP contribution in [0.5, 0.6) is 0 Å². The minimum Gasteiger partial charge on any atom is -0.451 e. The quantitative estimate of drug-likeness (QED) is 0.255. The minimum atomic E-state index is -0.489. The second-order valence-corrected chi connectivity index (χ2v) is 8.43. The van der Waals surface area contributed by atoms with E-state index in [9.17, 15) is 14.9 Å². The maximum Gasteiger partial charge on any atom is 0.293 e. The van der Waals surface area contributed by atoms with Crippen molar-refractivity contribution < 1.29 is 14.1 Å². The van der Waals surface area contributed by atoms with E-state index in [2.05, 4.69) is 10.3 Å². The molecule has 0 aliphatic rings. The van der Waals surface area contributed by atoms with Gasteiger partial charge in [-0.15, -0.1) is 11.3 Å². The molecular formula is C21H13Cl2N3O4S. The molecule has 1 amide bonds. The highest BCUT2D eigenvalue weighted by Crippen LogP contribution is 2.28. The van der Waals surface area contributed by atoms with Gasteiger partial charge >= 0.3 is 0 Å². The van der Waals surface area contributed by atoms with Crippen LogP contribution in [-0.2, 0) is 6.42 Å². The highest BCUT2D eigenvalue weighted by atomic mass is 35.5. The highest BCUT2D eigenvalue weighted by molar-refractivity contribution is 7.15. The molecule has 0 aliphatic heterocycles. The van der Waals surface area contributed by atoms with Gasteiger partial charge < -0.3 is 4.42 Å². The molecule has 0 aliphatic carbocycles. The van der Waals surface area contributed by atoms with Crippen molar-refractivity contribution in [1.29, 1.82) is 0 Å². The van der Waals surface area contributed by atoms with E-state index in [-0.39, 0.29) is 11.4 Å². The van der Waals surface area contributed by atoms with Gasteiger partial charge in [-0.2, -0.15) is 0 Å². The van der Waals surface area contributed by atoms with E-state index in [1.165, 1.54) is 29.5 Å². The third kappa shape index (κ3) is 4.93. The Labute approximate surface area is 190 Å². The van der Waals surface area contributed by atoms with Crippen LogP contribution in [0.1, 0.15) is 21.0 Å². The molecule has 0 saturated heterocycles. The molecule has 4 aromatic rings. The van der Waals surface area contributed by atoms with Gasteiger partial charge in [0.15, 0.2) is 10.9 Å². The van der Waals surface area contributed by atoms with E-state index in [0.717, 1.165) is 10.4 Å². The Balaban J connectivity index is 1.45. The number of carbonyl (C=O) groups excluding carboxylic acids is 1. The van der Waals surface area contributed by atoms with E-state index in [1.807, 2.05) is 6.07 Å². The summed E-state index contributed by atoms with van der Waals surface area (Å²) < 4.78 is 5.58. The van der Waals surface area contributed by atoms with Crippen molar-refractivity contribution in [1.82, 2.24) is 4.98 Å². The number of halogens is 2. The van der Waals surface area contributed by atoms with Gasteiger partial charge in [-0.25, -0.2) is 4.98 Å². The van der Waals surface area contributed by atoms with Gasteiger partial charge in [0.2, 0.25) is 0 Å². The van der Waals surface area contributed by atoms with Crippen LogP contribution in [0.3, 0.4) is 0 Å². The van der Waals surface area contributed by atoms with E-state index in [1.54, 1.807) is 36.5 Å². The number of carbonyl (C=O) groups is 1. The highest BCUT2D eigenvalue weighted by Gasteiger charge is 2.16. The third-order valence-corrected chi connectivity index (χ3v) is 5.82. The fourth-order valence-corrected chi connectivity index (χ4v) is 4.15. The zero-order valence-corrected chi connectivity index (χ0v) is 18.0. The van der Waals surface area contributed by atoms with Gasteiger partial charge in [-0.05, 0) is 29.8 Å². The first-order chi connectivity index (χ1) is 14.9. The van der Waals surface area contributed by atoms with Crippen LogP contribution < -0.4 is 5.32 Å². The first kappa shape index (κ1) is 21.0. The Morgan fingerprint density at radius 3 is 2.77 bits per heavy atom. The maximum absolute atomic E-state index is 12.5. The number of benzene rings is 2. The van der Waals surface area contributed by atoms with Crippen LogP contribution in [0, 0.1) is 10.1 Å². The summed E-state index contributed by atoms with van der Waals surface area (Å²) in [7, 11) is 0. The standard InChI is InChI=1S/C21H13Cl2N3O4S/c22-14-5-4-12(17(23)10-14)9-16-11-24-21(31-16)25-20(27)19-7-6-18(30-19)13-2-1-3-15(8-13)26(28)29/h1-8,10-11H,9H2,(H,24,25,27). The topological polar surface area (TPSA) is 98.3 Å². The lowest BCUT2D eigenvalue weighted by Gasteiger charge is -2.02. The molecule has 2 aromatic heterocycles. The summed E-state index contributed by atoms with van der Waals surface area (Å²) in [5.41, 5.74) is 1.35. The van der Waals surface area contributed by atoms with Crippen LogP contribution in [0.25, 0.3) is 11.3 Å². The molecule has 31 heavy (non-hydrogen) atoms. The molecule has 0 fully saturated rings. The van der Waals surface area contributed by atoms with Crippen molar-refractivity contribution >= 4 is 51.3 Å². The molecule has 1 N–H and O–H groups in total. The van der Waals surface area contributed by atoms with Gasteiger partial charge in [0, 0.05) is 45.2 Å². The van der Waals surface area contributed by atoms with Crippen molar-refractivity contribution in [2.24, 2.45) is 0 Å². The van der Waals surface area contributed by atoms with Crippen LogP contribution in [0.15, 0.2) is 65.2 Å². The number of nitro benzene ring substituents is 1. The predicted octanol–water partition coefficient (Wildman–Crippen LogP) is 6.46. The number of non-ortho nitro benzene ring substituents is 1. The smallest absolute Gasteiger partial charge is 0.293 e. The number of amides is 1. The zero-order chi connectivity index (χ0) is 22.0. The lowest BCUT2D eigenvalue weighted by atomic mass is 10.1. The van der Waals surface area contributed by atoms with Gasteiger partial charge in [0.1, 0.15) is 5.76 Å². The van der Waals surface area contributed by atoms with Crippen molar-refractivity contribution in [2.45, 2.75) is 6.42 Å². The number of rotatable bonds is 6. The molecule has 0 bridgehead atoms. The number of hydrogen-bond acceptors (Lipinski definition) is 6. The van der Waals surface area contributed by atoms with Crippen molar-refractivity contribution in [3.05, 3.63) is 97.2 Å². The number of furan rings is 1. The van der Waals surface area contributed by atoms with E-state index in [0.29, 0.717) is 32.9 Å². The zero-order valence-electron chi connectivity index (χ0n) is 15.7. The second kappa shape index (κ2) is 8.89. The molecule has 4 rings (SSSR count). The summed E-state index contributed by atoms with van der Waals surface area (Å²) in [5.74, 6) is -0.0489. The number of thiazole rings is 1. The first-order valence-corrected chi connectivity index (χ1v) is 10.5. The van der Waals surface area contributed by atoms with Gasteiger partial charge in [-0.3, -0.25) is 20.2 Å². The Morgan fingerprint density at radius 1 is 1.16 bits per heavy atom. The summed E-state index contributed by atoms with van der Waals surface area (Å²) in [6.07, 6.45) is 2.23. The van der Waals surface area contributed by atoms with Crippen LogP contribution in [0.4, 0.5) is 10.8 Å². The molecule has 2 heterocycles. The number of aromatic nitrogens is 1. The molecule has 0 unspecified atom stereocenters. The maximum atomic E-state index is 12.5. The van der Waals surface area contributed by atoms with E-state index in [4.69, 9.17) is 27.6 Å².